The number of carbonyl (C=O) groups is 2. The second-order valence-corrected chi connectivity index (χ2v) is 7.62. The van der Waals surface area contributed by atoms with Gasteiger partial charge in [-0.25, -0.2) is 9.59 Å². The predicted molar refractivity (Wildman–Crippen MR) is 103 cm³/mol. The highest BCUT2D eigenvalue weighted by molar-refractivity contribution is 7.17. The maximum Gasteiger partial charge on any atom is 0.349 e. The molecule has 27 heavy (non-hydrogen) atoms. The van der Waals surface area contributed by atoms with Crippen molar-refractivity contribution >= 4 is 39.2 Å². The zero-order valence-electron chi connectivity index (χ0n) is 14.4. The van der Waals surface area contributed by atoms with Gasteiger partial charge in [0.15, 0.2) is 0 Å². The monoisotopic (exact) mass is 383 g/mol. The van der Waals surface area contributed by atoms with Crippen molar-refractivity contribution in [3.8, 4) is 0 Å². The van der Waals surface area contributed by atoms with Gasteiger partial charge in [0.05, 0.1) is 5.56 Å². The molecule has 2 N–H and O–H groups in total. The van der Waals surface area contributed by atoms with Crippen LogP contribution in [0.1, 0.15) is 50.4 Å². The summed E-state index contributed by atoms with van der Waals surface area (Å²) in [7, 11) is 0. The van der Waals surface area contributed by atoms with Crippen LogP contribution < -0.4 is 10.9 Å². The molecule has 1 amide bonds. The number of carboxylic acid groups (broad SMARTS) is 1. The molecule has 0 aliphatic heterocycles. The fraction of sp³-hybridized carbons (Fsp3) is 0.250. The van der Waals surface area contributed by atoms with Crippen LogP contribution in [-0.2, 0) is 12.8 Å². The molecular formula is C20H17NO5S. The number of nitrogens with one attached hydrogen (secondary N) is 1. The lowest BCUT2D eigenvalue weighted by atomic mass is 10.1. The van der Waals surface area contributed by atoms with Crippen LogP contribution in [0.3, 0.4) is 0 Å². The number of rotatable bonds is 3. The van der Waals surface area contributed by atoms with Crippen LogP contribution in [0.5, 0.6) is 0 Å². The van der Waals surface area contributed by atoms with Gasteiger partial charge in [-0.1, -0.05) is 24.6 Å². The van der Waals surface area contributed by atoms with E-state index in [-0.39, 0.29) is 16.1 Å². The summed E-state index contributed by atoms with van der Waals surface area (Å²) in [5, 5.41) is 13.2. The minimum absolute atomic E-state index is 0.145. The Morgan fingerprint density at radius 1 is 1.11 bits per heavy atom. The molecule has 2 heterocycles. The molecule has 0 saturated heterocycles. The third-order valence-electron chi connectivity index (χ3n) is 4.75. The van der Waals surface area contributed by atoms with E-state index < -0.39 is 17.5 Å². The Morgan fingerprint density at radius 3 is 2.70 bits per heavy atom. The smallest absolute Gasteiger partial charge is 0.349 e. The van der Waals surface area contributed by atoms with Crippen molar-refractivity contribution < 1.29 is 19.1 Å². The molecule has 1 aromatic carbocycles. The SMILES string of the molecule is O=C(O)c1c(NC(=O)c2cc3ccccc3oc2=O)sc2c1CCCCC2. The number of thiophene rings is 1. The lowest BCUT2D eigenvalue weighted by Gasteiger charge is -2.06. The van der Waals surface area contributed by atoms with E-state index in [0.717, 1.165) is 36.1 Å². The molecule has 4 rings (SSSR count). The number of carbonyl (C=O) groups excluding carboxylic acids is 1. The van der Waals surface area contributed by atoms with Crippen molar-refractivity contribution in [3.05, 3.63) is 62.3 Å². The third-order valence-corrected chi connectivity index (χ3v) is 5.96. The van der Waals surface area contributed by atoms with Gasteiger partial charge in [-0.05, 0) is 43.4 Å². The van der Waals surface area contributed by atoms with Gasteiger partial charge in [0.25, 0.3) is 5.91 Å². The van der Waals surface area contributed by atoms with E-state index in [4.69, 9.17) is 4.42 Å². The molecule has 2 aromatic heterocycles. The second-order valence-electron chi connectivity index (χ2n) is 6.51. The first-order chi connectivity index (χ1) is 13.0. The van der Waals surface area contributed by atoms with Crippen molar-refractivity contribution in [3.63, 3.8) is 0 Å². The summed E-state index contributed by atoms with van der Waals surface area (Å²) < 4.78 is 5.20. The van der Waals surface area contributed by atoms with Gasteiger partial charge in [-0.15, -0.1) is 11.3 Å². The van der Waals surface area contributed by atoms with Crippen LogP contribution in [0.15, 0.2) is 39.5 Å². The molecule has 6 nitrogen and oxygen atoms in total. The molecule has 1 aliphatic carbocycles. The first-order valence-electron chi connectivity index (χ1n) is 8.76. The van der Waals surface area contributed by atoms with Crippen LogP contribution >= 0.6 is 11.3 Å². The van der Waals surface area contributed by atoms with Gasteiger partial charge >= 0.3 is 11.6 Å². The van der Waals surface area contributed by atoms with E-state index >= 15 is 0 Å². The first-order valence-corrected chi connectivity index (χ1v) is 9.58. The number of carboxylic acids is 1. The zero-order chi connectivity index (χ0) is 19.0. The lowest BCUT2D eigenvalue weighted by Crippen LogP contribution is -2.21. The molecule has 0 saturated carbocycles. The summed E-state index contributed by atoms with van der Waals surface area (Å²) in [6.07, 6.45) is 4.52. The van der Waals surface area contributed by atoms with Gasteiger partial charge in [-0.3, -0.25) is 4.79 Å². The molecule has 1 aliphatic rings. The van der Waals surface area contributed by atoms with Crippen molar-refractivity contribution in [2.45, 2.75) is 32.1 Å². The predicted octanol–water partition coefficient (Wildman–Crippen LogP) is 4.07. The Kier molecular flexibility index (Phi) is 4.53. The van der Waals surface area contributed by atoms with E-state index in [9.17, 15) is 19.5 Å². The molecular weight excluding hydrogens is 366 g/mol. The van der Waals surface area contributed by atoms with E-state index in [2.05, 4.69) is 5.32 Å². The van der Waals surface area contributed by atoms with Gasteiger partial charge in [0.1, 0.15) is 16.1 Å². The number of aryl methyl sites for hydroxylation is 1. The maximum absolute atomic E-state index is 12.7. The summed E-state index contributed by atoms with van der Waals surface area (Å²) in [5.74, 6) is -1.72. The molecule has 0 unspecified atom stereocenters. The van der Waals surface area contributed by atoms with E-state index in [1.165, 1.54) is 17.4 Å². The van der Waals surface area contributed by atoms with Gasteiger partial charge in [0, 0.05) is 10.3 Å². The van der Waals surface area contributed by atoms with Crippen molar-refractivity contribution in [1.82, 2.24) is 0 Å². The van der Waals surface area contributed by atoms with Crippen LogP contribution in [-0.4, -0.2) is 17.0 Å². The number of para-hydroxylation sites is 1. The Morgan fingerprint density at radius 2 is 1.89 bits per heavy atom. The number of anilines is 1. The first kappa shape index (κ1) is 17.5. The highest BCUT2D eigenvalue weighted by atomic mass is 32.1. The summed E-state index contributed by atoms with van der Waals surface area (Å²) in [6, 6.07) is 8.38. The number of hydrogen-bond donors (Lipinski definition) is 2. The maximum atomic E-state index is 12.7. The lowest BCUT2D eigenvalue weighted by molar-refractivity contribution is 0.0697. The summed E-state index contributed by atoms with van der Waals surface area (Å²) in [5.41, 5.74) is 0.462. The van der Waals surface area contributed by atoms with Crippen LogP contribution in [0, 0.1) is 0 Å². The van der Waals surface area contributed by atoms with Crippen molar-refractivity contribution in [2.75, 3.05) is 5.32 Å². The molecule has 0 spiro atoms. The Labute approximate surface area is 158 Å². The average Bonchev–Trinajstić information content (AvgIpc) is 2.82. The number of aromatic carboxylic acids is 1. The molecule has 0 fully saturated rings. The van der Waals surface area contributed by atoms with Crippen molar-refractivity contribution in [2.24, 2.45) is 0 Å². The van der Waals surface area contributed by atoms with Gasteiger partial charge in [0.2, 0.25) is 0 Å². The largest absolute Gasteiger partial charge is 0.478 e. The van der Waals surface area contributed by atoms with Crippen LogP contribution in [0.4, 0.5) is 5.00 Å². The zero-order valence-corrected chi connectivity index (χ0v) is 15.2. The number of fused-ring (bicyclic) bond motifs is 2. The standard InChI is InChI=1S/C20H17NO5S/c22-17(13-10-11-6-4-5-8-14(11)26-20(13)25)21-18-16(19(23)24)12-7-2-1-3-9-15(12)27-18/h4-6,8,10H,1-3,7,9H2,(H,21,22)(H,23,24). The average molecular weight is 383 g/mol. The Balaban J connectivity index is 1.72. The summed E-state index contributed by atoms with van der Waals surface area (Å²) in [6.45, 7) is 0. The summed E-state index contributed by atoms with van der Waals surface area (Å²) >= 11 is 1.29. The second kappa shape index (κ2) is 7.00. The minimum Gasteiger partial charge on any atom is -0.478 e. The summed E-state index contributed by atoms with van der Waals surface area (Å²) in [4.78, 5) is 37.7. The molecule has 7 heteroatoms. The fourth-order valence-corrected chi connectivity index (χ4v) is 4.72. The number of amides is 1. The molecule has 138 valence electrons. The Bertz CT molecular complexity index is 1110. The molecule has 0 atom stereocenters. The van der Waals surface area contributed by atoms with E-state index in [1.807, 2.05) is 0 Å². The van der Waals surface area contributed by atoms with Crippen LogP contribution in [0.2, 0.25) is 0 Å². The quantitative estimate of drug-likeness (QED) is 0.525. The number of hydrogen-bond acceptors (Lipinski definition) is 5. The fourth-order valence-electron chi connectivity index (χ4n) is 3.45. The number of benzene rings is 1. The molecule has 3 aromatic rings. The molecule has 0 bridgehead atoms. The Hall–Kier alpha value is -2.93. The van der Waals surface area contributed by atoms with Gasteiger partial charge in [-0.2, -0.15) is 0 Å². The molecule has 0 radical (unpaired) electrons. The van der Waals surface area contributed by atoms with E-state index in [1.54, 1.807) is 24.3 Å². The third kappa shape index (κ3) is 3.26. The normalized spacial score (nSPS) is 13.8. The van der Waals surface area contributed by atoms with E-state index in [0.29, 0.717) is 17.4 Å². The van der Waals surface area contributed by atoms with Gasteiger partial charge < -0.3 is 14.8 Å². The van der Waals surface area contributed by atoms with Crippen molar-refractivity contribution in [1.29, 1.82) is 0 Å². The highest BCUT2D eigenvalue weighted by Gasteiger charge is 2.26. The minimum atomic E-state index is -1.06. The topological polar surface area (TPSA) is 96.6 Å². The highest BCUT2D eigenvalue weighted by Crippen LogP contribution is 2.37. The van der Waals surface area contributed by atoms with Crippen LogP contribution in [0.25, 0.3) is 11.0 Å².